The molecule has 1 aliphatic rings. The summed E-state index contributed by atoms with van der Waals surface area (Å²) in [5.74, 6) is 1.93. The van der Waals surface area contributed by atoms with Crippen molar-refractivity contribution in [2.45, 2.75) is 19.3 Å². The summed E-state index contributed by atoms with van der Waals surface area (Å²) in [6, 6.07) is 4.11. The van der Waals surface area contributed by atoms with Gasteiger partial charge in [0.25, 0.3) is 0 Å². The fourth-order valence-electron chi connectivity index (χ4n) is 2.92. The van der Waals surface area contributed by atoms with E-state index in [0.717, 1.165) is 45.2 Å². The largest absolute Gasteiger partial charge is 0.363 e. The van der Waals surface area contributed by atoms with Crippen LogP contribution in [0.15, 0.2) is 12.1 Å². The molecule has 7 heteroatoms. The quantitative estimate of drug-likeness (QED) is 0.725. The third-order valence-electron chi connectivity index (χ3n) is 4.12. The summed E-state index contributed by atoms with van der Waals surface area (Å²) < 4.78 is 1.11. The number of hydrogen-bond acceptors (Lipinski definition) is 7. The van der Waals surface area contributed by atoms with Gasteiger partial charge in [-0.05, 0) is 36.6 Å². The molecule has 114 valence electrons. The van der Waals surface area contributed by atoms with Gasteiger partial charge in [0.1, 0.15) is 20.9 Å². The topological polar surface area (TPSA) is 58.0 Å². The van der Waals surface area contributed by atoms with E-state index in [1.165, 1.54) is 19.3 Å². The molecule has 0 unspecified atom stereocenters. The van der Waals surface area contributed by atoms with E-state index in [2.05, 4.69) is 26.4 Å². The van der Waals surface area contributed by atoms with Crippen molar-refractivity contribution in [1.82, 2.24) is 20.4 Å². The predicted molar refractivity (Wildman–Crippen MR) is 90.9 cm³/mol. The van der Waals surface area contributed by atoms with Crippen LogP contribution in [0.25, 0.3) is 20.4 Å². The summed E-state index contributed by atoms with van der Waals surface area (Å²) in [4.78, 5) is 10.1. The van der Waals surface area contributed by atoms with Crippen LogP contribution in [-0.4, -0.2) is 47.6 Å². The van der Waals surface area contributed by atoms with Gasteiger partial charge < -0.3 is 9.80 Å². The minimum Gasteiger partial charge on any atom is -0.363 e. The number of aromatic nitrogens is 4. The van der Waals surface area contributed by atoms with Crippen molar-refractivity contribution >= 4 is 43.4 Å². The Bertz CT molecular complexity index is 821. The summed E-state index contributed by atoms with van der Waals surface area (Å²) in [5, 5.41) is 13.7. The first-order valence-electron chi connectivity index (χ1n) is 7.59. The maximum Gasteiger partial charge on any atom is 0.172 e. The Balaban J connectivity index is 1.90. The molecule has 0 amide bonds. The van der Waals surface area contributed by atoms with Crippen LogP contribution in [0.1, 0.15) is 19.3 Å². The zero-order valence-corrected chi connectivity index (χ0v) is 13.6. The molecule has 0 saturated carbocycles. The van der Waals surface area contributed by atoms with Crippen molar-refractivity contribution in [2.24, 2.45) is 0 Å². The molecular weight excluding hydrogens is 296 g/mol. The van der Waals surface area contributed by atoms with E-state index in [4.69, 9.17) is 4.98 Å². The molecule has 0 aromatic carbocycles. The Morgan fingerprint density at radius 1 is 1.09 bits per heavy atom. The van der Waals surface area contributed by atoms with Crippen LogP contribution in [0, 0.1) is 0 Å². The van der Waals surface area contributed by atoms with Crippen molar-refractivity contribution in [3.63, 3.8) is 0 Å². The average molecular weight is 314 g/mol. The molecule has 4 rings (SSSR count). The van der Waals surface area contributed by atoms with Gasteiger partial charge in [-0.15, -0.1) is 21.5 Å². The van der Waals surface area contributed by atoms with Gasteiger partial charge in [0.15, 0.2) is 5.82 Å². The maximum atomic E-state index is 4.73. The molecule has 0 spiro atoms. The smallest absolute Gasteiger partial charge is 0.172 e. The summed E-state index contributed by atoms with van der Waals surface area (Å²) in [6.07, 6.45) is 3.75. The standard InChI is InChI=1S/C15H18N6S/c1-20(2)11-7-6-10-12-13(22-15(10)16-11)14(18-19-17-12)21-8-4-3-5-9-21/h6-7H,3-5,8-9H2,1-2H3. The van der Waals surface area contributed by atoms with Crippen molar-refractivity contribution in [3.8, 4) is 0 Å². The molecule has 1 fully saturated rings. The van der Waals surface area contributed by atoms with Crippen molar-refractivity contribution in [2.75, 3.05) is 37.0 Å². The van der Waals surface area contributed by atoms with E-state index >= 15 is 0 Å². The van der Waals surface area contributed by atoms with E-state index in [1.54, 1.807) is 11.3 Å². The molecule has 0 atom stereocenters. The molecule has 0 aliphatic carbocycles. The highest BCUT2D eigenvalue weighted by atomic mass is 32.1. The van der Waals surface area contributed by atoms with Crippen LogP contribution < -0.4 is 9.80 Å². The van der Waals surface area contributed by atoms with Crippen LogP contribution in [0.4, 0.5) is 11.6 Å². The van der Waals surface area contributed by atoms with E-state index in [-0.39, 0.29) is 0 Å². The van der Waals surface area contributed by atoms with Crippen LogP contribution >= 0.6 is 11.3 Å². The van der Waals surface area contributed by atoms with Crippen LogP contribution in [-0.2, 0) is 0 Å². The Morgan fingerprint density at radius 2 is 1.91 bits per heavy atom. The molecule has 0 radical (unpaired) electrons. The lowest BCUT2D eigenvalue weighted by molar-refractivity contribution is 0.571. The maximum absolute atomic E-state index is 4.73. The van der Waals surface area contributed by atoms with E-state index in [9.17, 15) is 0 Å². The number of thiophene rings is 1. The second-order valence-electron chi connectivity index (χ2n) is 5.86. The van der Waals surface area contributed by atoms with Gasteiger partial charge in [0.2, 0.25) is 0 Å². The molecular formula is C15H18N6S. The predicted octanol–water partition coefficient (Wildman–Crippen LogP) is 2.69. The number of fused-ring (bicyclic) bond motifs is 3. The zero-order valence-electron chi connectivity index (χ0n) is 12.8. The first-order chi connectivity index (χ1) is 10.7. The Hall–Kier alpha value is -2.02. The third-order valence-corrected chi connectivity index (χ3v) is 5.20. The normalized spacial score (nSPS) is 15.6. The van der Waals surface area contributed by atoms with E-state index in [1.807, 2.05) is 25.1 Å². The van der Waals surface area contributed by atoms with Crippen LogP contribution in [0.2, 0.25) is 0 Å². The minimum atomic E-state index is 0.924. The highest BCUT2D eigenvalue weighted by molar-refractivity contribution is 7.25. The van der Waals surface area contributed by atoms with Gasteiger partial charge in [0.05, 0.1) is 0 Å². The average Bonchev–Trinajstić information content (AvgIpc) is 2.93. The monoisotopic (exact) mass is 314 g/mol. The summed E-state index contributed by atoms with van der Waals surface area (Å²) >= 11 is 1.67. The molecule has 4 heterocycles. The van der Waals surface area contributed by atoms with Gasteiger partial charge >= 0.3 is 0 Å². The fourth-order valence-corrected chi connectivity index (χ4v) is 4.04. The Morgan fingerprint density at radius 3 is 2.68 bits per heavy atom. The minimum absolute atomic E-state index is 0.924. The number of anilines is 2. The van der Waals surface area contributed by atoms with E-state index < -0.39 is 0 Å². The number of pyridine rings is 1. The summed E-state index contributed by atoms with van der Waals surface area (Å²) in [5.41, 5.74) is 0.924. The highest BCUT2D eigenvalue weighted by Gasteiger charge is 2.19. The molecule has 3 aromatic rings. The molecule has 0 N–H and O–H groups in total. The molecule has 3 aromatic heterocycles. The molecule has 1 saturated heterocycles. The number of nitrogens with zero attached hydrogens (tertiary/aromatic N) is 6. The van der Waals surface area contributed by atoms with Crippen LogP contribution in [0.5, 0.6) is 0 Å². The van der Waals surface area contributed by atoms with Gasteiger partial charge in [-0.1, -0.05) is 0 Å². The van der Waals surface area contributed by atoms with Gasteiger partial charge in [-0.3, -0.25) is 0 Å². The lowest BCUT2D eigenvalue weighted by Gasteiger charge is -2.27. The first-order valence-corrected chi connectivity index (χ1v) is 8.40. The number of rotatable bonds is 2. The zero-order chi connectivity index (χ0) is 15.1. The second-order valence-corrected chi connectivity index (χ2v) is 6.86. The van der Waals surface area contributed by atoms with Crippen molar-refractivity contribution in [1.29, 1.82) is 0 Å². The van der Waals surface area contributed by atoms with Gasteiger partial charge in [-0.25, -0.2) is 4.98 Å². The molecule has 1 aliphatic heterocycles. The summed E-state index contributed by atoms with van der Waals surface area (Å²) in [7, 11) is 4.00. The fraction of sp³-hybridized carbons (Fsp3) is 0.467. The molecule has 6 nitrogen and oxygen atoms in total. The van der Waals surface area contributed by atoms with Crippen molar-refractivity contribution in [3.05, 3.63) is 12.1 Å². The Kier molecular flexibility index (Phi) is 3.29. The van der Waals surface area contributed by atoms with Crippen molar-refractivity contribution < 1.29 is 0 Å². The highest BCUT2D eigenvalue weighted by Crippen LogP contribution is 2.37. The first kappa shape index (κ1) is 13.6. The SMILES string of the molecule is CN(C)c1ccc2c(n1)sc1c(N3CCCCC3)nnnc12. The summed E-state index contributed by atoms with van der Waals surface area (Å²) in [6.45, 7) is 2.11. The third kappa shape index (κ3) is 2.16. The number of piperidine rings is 1. The lowest BCUT2D eigenvalue weighted by Crippen LogP contribution is -2.30. The van der Waals surface area contributed by atoms with Gasteiger partial charge in [-0.2, -0.15) is 0 Å². The van der Waals surface area contributed by atoms with E-state index in [0.29, 0.717) is 0 Å². The second kappa shape index (κ2) is 5.31. The van der Waals surface area contributed by atoms with Crippen LogP contribution in [0.3, 0.4) is 0 Å². The Labute approximate surface area is 132 Å². The molecule has 22 heavy (non-hydrogen) atoms. The van der Waals surface area contributed by atoms with Gasteiger partial charge in [0, 0.05) is 32.6 Å². The lowest BCUT2D eigenvalue weighted by atomic mass is 10.1. The molecule has 0 bridgehead atoms. The number of hydrogen-bond donors (Lipinski definition) is 0.